The number of aromatic nitrogens is 5. The van der Waals surface area contributed by atoms with Gasteiger partial charge in [0.25, 0.3) is 0 Å². The normalized spacial score (nSPS) is 11.4. The van der Waals surface area contributed by atoms with Crippen molar-refractivity contribution in [3.8, 4) is 22.5 Å². The van der Waals surface area contributed by atoms with Crippen LogP contribution < -0.4 is 5.32 Å². The minimum absolute atomic E-state index is 0.0443. The molecular weight excluding hydrogens is 492 g/mol. The van der Waals surface area contributed by atoms with Crippen molar-refractivity contribution in [2.24, 2.45) is 0 Å². The topological polar surface area (TPSA) is 112 Å². The van der Waals surface area contributed by atoms with Crippen LogP contribution in [0.5, 0.6) is 0 Å². The second-order valence-electron chi connectivity index (χ2n) is 10.1. The Morgan fingerprint density at radius 3 is 2.51 bits per heavy atom. The lowest BCUT2D eigenvalue weighted by Gasteiger charge is -2.19. The molecule has 1 amide bonds. The SMILES string of the molecule is Cc1cccc(-c2nn(CC(=O)Nc3ccc(C(=O)OC(C)(C)C)cn3)cc2-c2ccnc3ccccc23)n1. The van der Waals surface area contributed by atoms with Gasteiger partial charge in [0.1, 0.15) is 23.7 Å². The van der Waals surface area contributed by atoms with Crippen LogP contribution in [0.2, 0.25) is 0 Å². The summed E-state index contributed by atoms with van der Waals surface area (Å²) in [5, 5.41) is 8.49. The van der Waals surface area contributed by atoms with E-state index in [-0.39, 0.29) is 12.5 Å². The average Bonchev–Trinajstić information content (AvgIpc) is 3.31. The average molecular weight is 521 g/mol. The first-order valence-electron chi connectivity index (χ1n) is 12.5. The second-order valence-corrected chi connectivity index (χ2v) is 10.1. The van der Waals surface area contributed by atoms with Gasteiger partial charge in [-0.2, -0.15) is 5.10 Å². The van der Waals surface area contributed by atoms with Crippen molar-refractivity contribution >= 4 is 28.6 Å². The van der Waals surface area contributed by atoms with Gasteiger partial charge in [-0.05, 0) is 69.7 Å². The minimum Gasteiger partial charge on any atom is -0.456 e. The van der Waals surface area contributed by atoms with Gasteiger partial charge in [0, 0.05) is 35.2 Å². The van der Waals surface area contributed by atoms with E-state index in [0.29, 0.717) is 22.8 Å². The number of para-hydroxylation sites is 1. The molecule has 5 aromatic rings. The number of aryl methyl sites for hydroxylation is 1. The van der Waals surface area contributed by atoms with E-state index in [4.69, 9.17) is 9.84 Å². The van der Waals surface area contributed by atoms with Gasteiger partial charge in [0.05, 0.1) is 16.8 Å². The molecule has 0 bridgehead atoms. The molecule has 0 aliphatic heterocycles. The van der Waals surface area contributed by atoms with E-state index in [0.717, 1.165) is 27.7 Å². The molecule has 0 aliphatic rings. The maximum Gasteiger partial charge on any atom is 0.340 e. The molecule has 0 spiro atoms. The number of nitrogens with one attached hydrogen (secondary N) is 1. The van der Waals surface area contributed by atoms with Gasteiger partial charge in [0.2, 0.25) is 5.91 Å². The number of fused-ring (bicyclic) bond motifs is 1. The Balaban J connectivity index is 1.41. The molecule has 196 valence electrons. The van der Waals surface area contributed by atoms with Crippen LogP contribution in [0.25, 0.3) is 33.4 Å². The number of benzene rings is 1. The number of nitrogens with zero attached hydrogens (tertiary/aromatic N) is 5. The van der Waals surface area contributed by atoms with Crippen molar-refractivity contribution in [3.05, 3.63) is 90.5 Å². The Hall–Kier alpha value is -4.92. The van der Waals surface area contributed by atoms with Crippen LogP contribution in [0.3, 0.4) is 0 Å². The number of esters is 1. The predicted octanol–water partition coefficient (Wildman–Crippen LogP) is 5.46. The zero-order chi connectivity index (χ0) is 27.6. The van der Waals surface area contributed by atoms with Crippen molar-refractivity contribution in [2.75, 3.05) is 5.32 Å². The lowest BCUT2D eigenvalue weighted by Crippen LogP contribution is -2.24. The van der Waals surface area contributed by atoms with Crippen molar-refractivity contribution in [1.29, 1.82) is 0 Å². The zero-order valence-corrected chi connectivity index (χ0v) is 22.2. The number of amides is 1. The standard InChI is InChI=1S/C30H28N6O3/c1-19-8-7-11-25(33-19)28-23(21-14-15-31-24-10-6-5-9-22(21)24)17-36(35-28)18-27(37)34-26-13-12-20(16-32-26)29(38)39-30(2,3)4/h5-17H,18H2,1-4H3,(H,32,34,37). The molecule has 1 N–H and O–H groups in total. The molecular formula is C30H28N6O3. The van der Waals surface area contributed by atoms with E-state index in [1.165, 1.54) is 6.20 Å². The first kappa shape index (κ1) is 25.7. The molecule has 9 nitrogen and oxygen atoms in total. The third-order valence-corrected chi connectivity index (χ3v) is 5.80. The summed E-state index contributed by atoms with van der Waals surface area (Å²) in [6.45, 7) is 7.27. The van der Waals surface area contributed by atoms with Gasteiger partial charge in [-0.1, -0.05) is 24.3 Å². The summed E-state index contributed by atoms with van der Waals surface area (Å²) in [6, 6.07) is 18.7. The van der Waals surface area contributed by atoms with Crippen molar-refractivity contribution in [1.82, 2.24) is 24.7 Å². The highest BCUT2D eigenvalue weighted by Gasteiger charge is 2.20. The van der Waals surface area contributed by atoms with Crippen LogP contribution in [-0.2, 0) is 16.1 Å². The molecule has 0 unspecified atom stereocenters. The molecule has 0 aliphatic carbocycles. The molecule has 39 heavy (non-hydrogen) atoms. The minimum atomic E-state index is -0.609. The summed E-state index contributed by atoms with van der Waals surface area (Å²) < 4.78 is 6.95. The molecule has 4 aromatic heterocycles. The van der Waals surface area contributed by atoms with Gasteiger partial charge in [-0.3, -0.25) is 19.4 Å². The summed E-state index contributed by atoms with van der Waals surface area (Å²) in [6.07, 6.45) is 4.99. The van der Waals surface area contributed by atoms with Crippen LogP contribution >= 0.6 is 0 Å². The van der Waals surface area contributed by atoms with Crippen molar-refractivity contribution in [2.45, 2.75) is 39.8 Å². The fourth-order valence-electron chi connectivity index (χ4n) is 4.15. The first-order valence-corrected chi connectivity index (χ1v) is 12.5. The highest BCUT2D eigenvalue weighted by Crippen LogP contribution is 2.34. The molecule has 1 aromatic carbocycles. The van der Waals surface area contributed by atoms with Crippen LogP contribution in [0, 0.1) is 6.92 Å². The number of rotatable bonds is 6. The van der Waals surface area contributed by atoms with Crippen LogP contribution in [0.15, 0.2) is 79.3 Å². The van der Waals surface area contributed by atoms with Crippen molar-refractivity contribution in [3.63, 3.8) is 0 Å². The third kappa shape index (κ3) is 5.98. The number of ether oxygens (including phenoxy) is 1. The van der Waals surface area contributed by atoms with Crippen LogP contribution in [-0.4, -0.2) is 42.2 Å². The van der Waals surface area contributed by atoms with Crippen molar-refractivity contribution < 1.29 is 14.3 Å². The van der Waals surface area contributed by atoms with E-state index in [1.54, 1.807) is 43.8 Å². The van der Waals surface area contributed by atoms with E-state index in [9.17, 15) is 9.59 Å². The molecule has 0 fully saturated rings. The molecule has 4 heterocycles. The smallest absolute Gasteiger partial charge is 0.340 e. The summed E-state index contributed by atoms with van der Waals surface area (Å²) in [7, 11) is 0. The number of hydrogen-bond acceptors (Lipinski definition) is 7. The summed E-state index contributed by atoms with van der Waals surface area (Å²) in [5.41, 5.74) is 4.61. The molecule has 9 heteroatoms. The molecule has 0 saturated carbocycles. The van der Waals surface area contributed by atoms with E-state index in [2.05, 4.69) is 20.3 Å². The number of carbonyl (C=O) groups excluding carboxylic acids is 2. The Morgan fingerprint density at radius 2 is 1.77 bits per heavy atom. The fraction of sp³-hybridized carbons (Fsp3) is 0.200. The lowest BCUT2D eigenvalue weighted by molar-refractivity contribution is -0.116. The monoisotopic (exact) mass is 520 g/mol. The Morgan fingerprint density at radius 1 is 0.949 bits per heavy atom. The van der Waals surface area contributed by atoms with E-state index >= 15 is 0 Å². The van der Waals surface area contributed by atoms with Crippen LogP contribution in [0.4, 0.5) is 5.82 Å². The number of pyridine rings is 3. The maximum atomic E-state index is 12.9. The molecule has 0 saturated heterocycles. The first-order chi connectivity index (χ1) is 18.7. The largest absolute Gasteiger partial charge is 0.456 e. The second kappa shape index (κ2) is 10.4. The Labute approximate surface area is 225 Å². The predicted molar refractivity (Wildman–Crippen MR) is 149 cm³/mol. The molecule has 5 rings (SSSR count). The lowest BCUT2D eigenvalue weighted by atomic mass is 10.0. The van der Waals surface area contributed by atoms with Gasteiger partial charge in [-0.15, -0.1) is 0 Å². The summed E-state index contributed by atoms with van der Waals surface area (Å²) in [4.78, 5) is 38.5. The molecule has 0 atom stereocenters. The Kier molecular flexibility index (Phi) is 6.89. The van der Waals surface area contributed by atoms with Gasteiger partial charge in [0.15, 0.2) is 0 Å². The summed E-state index contributed by atoms with van der Waals surface area (Å²) >= 11 is 0. The van der Waals surface area contributed by atoms with E-state index < -0.39 is 11.6 Å². The van der Waals surface area contributed by atoms with Crippen LogP contribution in [0.1, 0.15) is 36.8 Å². The summed E-state index contributed by atoms with van der Waals surface area (Å²) in [5.74, 6) is -0.469. The fourth-order valence-corrected chi connectivity index (χ4v) is 4.15. The number of carbonyl (C=O) groups is 2. The molecule has 0 radical (unpaired) electrons. The highest BCUT2D eigenvalue weighted by molar-refractivity contribution is 5.98. The van der Waals surface area contributed by atoms with Gasteiger partial charge in [-0.25, -0.2) is 9.78 Å². The van der Waals surface area contributed by atoms with E-state index in [1.807, 2.05) is 61.7 Å². The highest BCUT2D eigenvalue weighted by atomic mass is 16.6. The number of anilines is 1. The maximum absolute atomic E-state index is 12.9. The van der Waals surface area contributed by atoms with Gasteiger partial charge >= 0.3 is 5.97 Å². The zero-order valence-electron chi connectivity index (χ0n) is 22.2. The quantitative estimate of drug-likeness (QED) is 0.296. The van der Waals surface area contributed by atoms with Gasteiger partial charge < -0.3 is 10.1 Å². The number of hydrogen-bond donors (Lipinski definition) is 1. The third-order valence-electron chi connectivity index (χ3n) is 5.80. The Bertz CT molecular complexity index is 1660.